The maximum Gasteiger partial charge on any atom is 0.287 e. The van der Waals surface area contributed by atoms with Gasteiger partial charge in [0.05, 0.1) is 29.5 Å². The summed E-state index contributed by atoms with van der Waals surface area (Å²) in [6, 6.07) is 1.49. The van der Waals surface area contributed by atoms with Gasteiger partial charge in [0.15, 0.2) is 5.78 Å². The van der Waals surface area contributed by atoms with Crippen LogP contribution in [-0.4, -0.2) is 52.9 Å². The summed E-state index contributed by atoms with van der Waals surface area (Å²) in [5.74, 6) is -0.158. The molecule has 1 N–H and O–H groups in total. The summed E-state index contributed by atoms with van der Waals surface area (Å²) in [6.07, 6.45) is 2.24. The highest BCUT2D eigenvalue weighted by Crippen LogP contribution is 2.19. The Hall–Kier alpha value is -1.73. The van der Waals surface area contributed by atoms with Gasteiger partial charge in [0.2, 0.25) is 0 Å². The predicted octanol–water partition coefficient (Wildman–Crippen LogP) is 1.21. The molecule has 19 heavy (non-hydrogen) atoms. The smallest absolute Gasteiger partial charge is 0.287 e. The summed E-state index contributed by atoms with van der Waals surface area (Å²) in [6.45, 7) is 2.91. The fraction of sp³-hybridized carbons (Fsp3) is 0.583. The summed E-state index contributed by atoms with van der Waals surface area (Å²) < 4.78 is 5.46. The second-order valence-corrected chi connectivity index (χ2v) is 4.80. The van der Waals surface area contributed by atoms with E-state index in [4.69, 9.17) is 4.74 Å². The van der Waals surface area contributed by atoms with Crippen LogP contribution >= 0.6 is 0 Å². The second kappa shape index (κ2) is 5.50. The highest BCUT2D eigenvalue weighted by molar-refractivity contribution is 5.96. The van der Waals surface area contributed by atoms with Gasteiger partial charge >= 0.3 is 0 Å². The molecular formula is C12H17N3O4. The minimum absolute atomic E-state index is 0.0939. The molecule has 1 aromatic heterocycles. The molecule has 104 valence electrons. The number of aromatic nitrogens is 1. The van der Waals surface area contributed by atoms with Crippen LogP contribution in [0.15, 0.2) is 12.3 Å². The van der Waals surface area contributed by atoms with E-state index in [-0.39, 0.29) is 35.9 Å². The lowest BCUT2D eigenvalue weighted by molar-refractivity contribution is -0.384. The van der Waals surface area contributed by atoms with Crippen molar-refractivity contribution in [3.05, 3.63) is 28.1 Å². The SMILES string of the molecule is CC1OCCC1N(C)CC(=O)c1cc([N+](=O)[O-])c[nH]1. The lowest BCUT2D eigenvalue weighted by atomic mass is 10.1. The van der Waals surface area contributed by atoms with E-state index in [1.807, 2.05) is 18.9 Å². The number of aromatic amines is 1. The molecule has 1 aliphatic rings. The number of carbonyl (C=O) groups excluding carboxylic acids is 1. The molecule has 2 rings (SSSR count). The van der Waals surface area contributed by atoms with Crippen molar-refractivity contribution in [2.75, 3.05) is 20.2 Å². The van der Waals surface area contributed by atoms with E-state index in [1.54, 1.807) is 0 Å². The average molecular weight is 267 g/mol. The number of nitrogens with one attached hydrogen (secondary N) is 1. The predicted molar refractivity (Wildman–Crippen MR) is 68.2 cm³/mol. The van der Waals surface area contributed by atoms with E-state index in [0.29, 0.717) is 6.61 Å². The van der Waals surface area contributed by atoms with Crippen LogP contribution in [-0.2, 0) is 4.74 Å². The summed E-state index contributed by atoms with van der Waals surface area (Å²) >= 11 is 0. The summed E-state index contributed by atoms with van der Waals surface area (Å²) in [5, 5.41) is 10.6. The van der Waals surface area contributed by atoms with Crippen LogP contribution in [0.25, 0.3) is 0 Å². The molecule has 1 fully saturated rings. The van der Waals surface area contributed by atoms with Crippen LogP contribution < -0.4 is 0 Å². The summed E-state index contributed by atoms with van der Waals surface area (Å²) in [4.78, 5) is 26.6. The molecule has 0 spiro atoms. The van der Waals surface area contributed by atoms with Crippen LogP contribution in [0.3, 0.4) is 0 Å². The van der Waals surface area contributed by atoms with Crippen LogP contribution in [0.5, 0.6) is 0 Å². The van der Waals surface area contributed by atoms with Crippen LogP contribution in [0.4, 0.5) is 5.69 Å². The Labute approximate surface area is 110 Å². The highest BCUT2D eigenvalue weighted by Gasteiger charge is 2.29. The standard InChI is InChI=1S/C12H17N3O4/c1-8-11(3-4-19-8)14(2)7-12(16)10-5-9(6-13-10)15(17)18/h5-6,8,11,13H,3-4,7H2,1-2H3. The molecule has 2 unspecified atom stereocenters. The van der Waals surface area contributed by atoms with Crippen molar-refractivity contribution in [3.63, 3.8) is 0 Å². The van der Waals surface area contributed by atoms with Gasteiger partial charge in [-0.2, -0.15) is 0 Å². The van der Waals surface area contributed by atoms with Crippen molar-refractivity contribution < 1.29 is 14.5 Å². The van der Waals surface area contributed by atoms with Gasteiger partial charge in [0.1, 0.15) is 0 Å². The zero-order valence-corrected chi connectivity index (χ0v) is 11.0. The quantitative estimate of drug-likeness (QED) is 0.492. The lowest BCUT2D eigenvalue weighted by Crippen LogP contribution is -2.39. The Bertz CT molecular complexity index is 485. The second-order valence-electron chi connectivity index (χ2n) is 4.80. The number of nitrogens with zero attached hydrogens (tertiary/aromatic N) is 2. The van der Waals surface area contributed by atoms with Crippen LogP contribution in [0.2, 0.25) is 0 Å². The van der Waals surface area contributed by atoms with Gasteiger partial charge in [-0.05, 0) is 20.4 Å². The first kappa shape index (κ1) is 13.7. The average Bonchev–Trinajstić information content (AvgIpc) is 2.96. The highest BCUT2D eigenvalue weighted by atomic mass is 16.6. The first-order chi connectivity index (χ1) is 8.99. The topological polar surface area (TPSA) is 88.5 Å². The van der Waals surface area contributed by atoms with Gasteiger partial charge in [-0.25, -0.2) is 0 Å². The van der Waals surface area contributed by atoms with E-state index >= 15 is 0 Å². The molecule has 0 radical (unpaired) electrons. The Balaban J connectivity index is 1.98. The monoisotopic (exact) mass is 267 g/mol. The first-order valence-corrected chi connectivity index (χ1v) is 6.17. The number of ketones is 1. The molecule has 7 nitrogen and oxygen atoms in total. The number of hydrogen-bond donors (Lipinski definition) is 1. The molecule has 1 saturated heterocycles. The van der Waals surface area contributed by atoms with Gasteiger partial charge < -0.3 is 9.72 Å². The zero-order chi connectivity index (χ0) is 14.0. The van der Waals surface area contributed by atoms with Gasteiger partial charge in [-0.15, -0.1) is 0 Å². The minimum Gasteiger partial charge on any atom is -0.377 e. The molecule has 2 heterocycles. The number of Topliss-reactive ketones (excluding diaryl/α,β-unsaturated/α-hetero) is 1. The van der Waals surface area contributed by atoms with Crippen molar-refractivity contribution in [2.24, 2.45) is 0 Å². The molecule has 1 aliphatic heterocycles. The van der Waals surface area contributed by atoms with Crippen LogP contribution in [0, 0.1) is 10.1 Å². The third-order valence-corrected chi connectivity index (χ3v) is 3.47. The Morgan fingerprint density at radius 2 is 2.42 bits per heavy atom. The van der Waals surface area contributed by atoms with E-state index in [2.05, 4.69) is 4.98 Å². The van der Waals surface area contributed by atoms with E-state index in [9.17, 15) is 14.9 Å². The zero-order valence-electron chi connectivity index (χ0n) is 11.0. The van der Waals surface area contributed by atoms with Crippen molar-refractivity contribution in [3.8, 4) is 0 Å². The van der Waals surface area contributed by atoms with E-state index in [1.165, 1.54) is 12.3 Å². The molecule has 1 aromatic rings. The minimum atomic E-state index is -0.524. The van der Waals surface area contributed by atoms with Gasteiger partial charge in [-0.3, -0.25) is 19.8 Å². The Morgan fingerprint density at radius 3 is 2.95 bits per heavy atom. The fourth-order valence-electron chi connectivity index (χ4n) is 2.38. The molecule has 0 aliphatic carbocycles. The van der Waals surface area contributed by atoms with Crippen molar-refractivity contribution in [1.82, 2.24) is 9.88 Å². The Kier molecular flexibility index (Phi) is 3.96. The number of ether oxygens (including phenoxy) is 1. The molecule has 0 saturated carbocycles. The summed E-state index contributed by atoms with van der Waals surface area (Å²) in [5.41, 5.74) is 0.175. The van der Waals surface area contributed by atoms with Gasteiger partial charge in [0.25, 0.3) is 5.69 Å². The molecular weight excluding hydrogens is 250 g/mol. The van der Waals surface area contributed by atoms with Gasteiger partial charge in [-0.1, -0.05) is 0 Å². The number of nitro groups is 1. The number of hydrogen-bond acceptors (Lipinski definition) is 5. The molecule has 0 aromatic carbocycles. The largest absolute Gasteiger partial charge is 0.377 e. The van der Waals surface area contributed by atoms with E-state index < -0.39 is 4.92 Å². The number of carbonyl (C=O) groups is 1. The molecule has 0 amide bonds. The maximum absolute atomic E-state index is 12.0. The van der Waals surface area contributed by atoms with Gasteiger partial charge in [0, 0.05) is 18.7 Å². The maximum atomic E-state index is 12.0. The number of H-pyrrole nitrogens is 1. The molecule has 0 bridgehead atoms. The van der Waals surface area contributed by atoms with E-state index in [0.717, 1.165) is 6.42 Å². The molecule has 7 heteroatoms. The number of rotatable bonds is 5. The Morgan fingerprint density at radius 1 is 1.68 bits per heavy atom. The normalized spacial score (nSPS) is 22.9. The van der Waals surface area contributed by atoms with Crippen molar-refractivity contribution >= 4 is 11.5 Å². The lowest BCUT2D eigenvalue weighted by Gasteiger charge is -2.25. The third-order valence-electron chi connectivity index (χ3n) is 3.47. The van der Waals surface area contributed by atoms with Crippen LogP contribution in [0.1, 0.15) is 23.8 Å². The third kappa shape index (κ3) is 2.99. The summed E-state index contributed by atoms with van der Waals surface area (Å²) in [7, 11) is 1.87. The molecule has 2 atom stereocenters. The fourth-order valence-corrected chi connectivity index (χ4v) is 2.38. The van der Waals surface area contributed by atoms with Crippen molar-refractivity contribution in [2.45, 2.75) is 25.5 Å². The van der Waals surface area contributed by atoms with Crippen molar-refractivity contribution in [1.29, 1.82) is 0 Å². The number of likely N-dealkylation sites (N-methyl/N-ethyl adjacent to an activating group) is 1. The first-order valence-electron chi connectivity index (χ1n) is 6.17.